The highest BCUT2D eigenvalue weighted by Crippen LogP contribution is 2.65. The molecule has 0 N–H and O–H groups in total. The molecule has 8 aromatic rings. The summed E-state index contributed by atoms with van der Waals surface area (Å²) in [5, 5.41) is 2.56. The summed E-state index contributed by atoms with van der Waals surface area (Å²) in [6, 6.07) is 64.2. The third kappa shape index (κ3) is 5.23. The maximum atomic E-state index is 4.26. The second-order valence-corrected chi connectivity index (χ2v) is 17.9. The van der Waals surface area contributed by atoms with E-state index in [1.165, 1.54) is 94.2 Å². The van der Waals surface area contributed by atoms with Gasteiger partial charge in [0.2, 0.25) is 0 Å². The van der Waals surface area contributed by atoms with Crippen molar-refractivity contribution in [1.29, 1.82) is 0 Å². The van der Waals surface area contributed by atoms with Crippen LogP contribution >= 0.6 is 0 Å². The molecule has 0 radical (unpaired) electrons. The fraction of sp³-hybridized carbons (Fsp3) is 0.0968. The monoisotopic (exact) mass is 805 g/mol. The van der Waals surface area contributed by atoms with E-state index < -0.39 is 5.41 Å². The van der Waals surface area contributed by atoms with Crippen molar-refractivity contribution in [2.75, 3.05) is 4.90 Å². The Bertz CT molecular complexity index is 3350. The van der Waals surface area contributed by atoms with E-state index in [0.717, 1.165) is 35.5 Å². The highest BCUT2D eigenvalue weighted by atomic mass is 15.1. The number of rotatable bonds is 7. The summed E-state index contributed by atoms with van der Waals surface area (Å²) in [5.74, 6) is 0. The average molecular weight is 806 g/mol. The van der Waals surface area contributed by atoms with Crippen molar-refractivity contribution < 1.29 is 0 Å². The molecule has 300 valence electrons. The van der Waals surface area contributed by atoms with Crippen LogP contribution in [0.4, 0.5) is 17.1 Å². The van der Waals surface area contributed by atoms with Gasteiger partial charge in [-0.2, -0.15) is 0 Å². The number of hydrogen-bond donors (Lipinski definition) is 0. The van der Waals surface area contributed by atoms with Crippen LogP contribution in [0, 0.1) is 0 Å². The van der Waals surface area contributed by atoms with Crippen LogP contribution in [0.1, 0.15) is 65.6 Å². The number of hydrogen-bond acceptors (Lipinski definition) is 1. The zero-order valence-corrected chi connectivity index (χ0v) is 35.8. The molecule has 63 heavy (non-hydrogen) atoms. The zero-order valence-electron chi connectivity index (χ0n) is 35.8. The minimum absolute atomic E-state index is 0.246. The Kier molecular flexibility index (Phi) is 8.30. The van der Waals surface area contributed by atoms with Gasteiger partial charge in [0.15, 0.2) is 0 Å². The van der Waals surface area contributed by atoms with E-state index in [0.29, 0.717) is 0 Å². The summed E-state index contributed by atoms with van der Waals surface area (Å²) in [6.07, 6.45) is 13.1. The van der Waals surface area contributed by atoms with Crippen molar-refractivity contribution in [3.8, 4) is 33.4 Å². The van der Waals surface area contributed by atoms with Gasteiger partial charge in [0.25, 0.3) is 0 Å². The fourth-order valence-electron chi connectivity index (χ4n) is 11.7. The Balaban J connectivity index is 1.11. The second-order valence-electron chi connectivity index (χ2n) is 17.9. The van der Waals surface area contributed by atoms with Gasteiger partial charge >= 0.3 is 0 Å². The van der Waals surface area contributed by atoms with E-state index in [2.05, 4.69) is 220 Å². The third-order valence-electron chi connectivity index (χ3n) is 14.5. The Morgan fingerprint density at radius 1 is 0.508 bits per heavy atom. The first-order valence-corrected chi connectivity index (χ1v) is 22.3. The largest absolute Gasteiger partial charge is 0.310 e. The van der Waals surface area contributed by atoms with E-state index in [-0.39, 0.29) is 5.41 Å². The molecule has 4 aliphatic carbocycles. The van der Waals surface area contributed by atoms with Crippen molar-refractivity contribution >= 4 is 39.0 Å². The lowest BCUT2D eigenvalue weighted by Crippen LogP contribution is -2.26. The van der Waals surface area contributed by atoms with Crippen LogP contribution in [0.3, 0.4) is 0 Å². The molecule has 0 aromatic heterocycles. The first-order valence-electron chi connectivity index (χ1n) is 22.3. The summed E-state index contributed by atoms with van der Waals surface area (Å²) in [6.45, 7) is 13.1. The minimum Gasteiger partial charge on any atom is -0.310 e. The second kappa shape index (κ2) is 14.0. The molecule has 0 saturated heterocycles. The van der Waals surface area contributed by atoms with E-state index >= 15 is 0 Å². The molecule has 1 nitrogen and oxygen atoms in total. The van der Waals surface area contributed by atoms with Crippen LogP contribution in [0.2, 0.25) is 0 Å². The molecule has 4 aliphatic rings. The molecule has 0 saturated carbocycles. The van der Waals surface area contributed by atoms with Crippen molar-refractivity contribution in [1.82, 2.24) is 0 Å². The van der Waals surface area contributed by atoms with Crippen LogP contribution in [-0.4, -0.2) is 0 Å². The lowest BCUT2D eigenvalue weighted by atomic mass is 9.70. The fourth-order valence-corrected chi connectivity index (χ4v) is 11.7. The molecule has 1 unspecified atom stereocenters. The smallest absolute Gasteiger partial charge is 0.0726 e. The van der Waals surface area contributed by atoms with E-state index in [1.807, 2.05) is 12.2 Å². The van der Waals surface area contributed by atoms with Crippen LogP contribution in [0.25, 0.3) is 55.3 Å². The predicted octanol–water partition coefficient (Wildman–Crippen LogP) is 16.5. The highest BCUT2D eigenvalue weighted by Gasteiger charge is 2.53. The van der Waals surface area contributed by atoms with E-state index in [9.17, 15) is 0 Å². The van der Waals surface area contributed by atoms with E-state index in [1.54, 1.807) is 0 Å². The topological polar surface area (TPSA) is 3.24 Å². The first kappa shape index (κ1) is 37.3. The number of benzene rings is 8. The molecule has 1 heteroatoms. The lowest BCUT2D eigenvalue weighted by Gasteiger charge is -2.32. The number of nitrogens with zero attached hydrogens (tertiary/aromatic N) is 1. The Morgan fingerprint density at radius 2 is 1.19 bits per heavy atom. The molecule has 12 rings (SSSR count). The summed E-state index contributed by atoms with van der Waals surface area (Å²) < 4.78 is 0. The lowest BCUT2D eigenvalue weighted by molar-refractivity contribution is 0.654. The van der Waals surface area contributed by atoms with Gasteiger partial charge in [-0.1, -0.05) is 197 Å². The molecule has 0 aliphatic heterocycles. The van der Waals surface area contributed by atoms with Crippen molar-refractivity contribution in [2.45, 2.75) is 37.5 Å². The number of allylic oxidation sites excluding steroid dienone is 8. The van der Waals surface area contributed by atoms with E-state index in [4.69, 9.17) is 0 Å². The SMILES string of the molecule is C=CC1=C(C=C)C(C)(C)c2cc(N(c3cccc(-c4ccc(C5=CCCC=C5)cc4)c3)c3cccc4c3-c3ccccc3C43c4ccccc4-c4c3ccc3ccccc43)ccc21. The zero-order chi connectivity index (χ0) is 42.5. The molecule has 1 spiro atoms. The van der Waals surface area contributed by atoms with Gasteiger partial charge in [-0.3, -0.25) is 0 Å². The van der Waals surface area contributed by atoms with Crippen LogP contribution in [0.15, 0.2) is 219 Å². The van der Waals surface area contributed by atoms with Gasteiger partial charge in [-0.05, 0) is 137 Å². The standard InChI is InChI=1S/C62H47N/c1-5-47-49-36-35-46(39-57(49)61(3,4)52(47)6-2)63(45-22-16-21-44(38-45)42-32-30-41(31-33-42)40-18-8-7-9-19-40)58-29-17-28-55-60(58)51-25-13-15-27-54(51)62(55)53-26-14-12-24-50(53)59-48-23-11-10-20-43(48)34-37-56(59)62/h5-6,8,10-39H,1-2,7,9H2,3-4H3. The maximum absolute atomic E-state index is 4.26. The number of anilines is 3. The minimum atomic E-state index is -0.488. The summed E-state index contributed by atoms with van der Waals surface area (Å²) >= 11 is 0. The average Bonchev–Trinajstić information content (AvgIpc) is 3.90. The van der Waals surface area contributed by atoms with Gasteiger partial charge in [-0.25, -0.2) is 0 Å². The highest BCUT2D eigenvalue weighted by molar-refractivity contribution is 6.08. The Labute approximate surface area is 371 Å². The normalized spacial score (nSPS) is 17.2. The molecule has 0 bridgehead atoms. The van der Waals surface area contributed by atoms with Gasteiger partial charge in [0, 0.05) is 22.4 Å². The third-order valence-corrected chi connectivity index (χ3v) is 14.5. The Morgan fingerprint density at radius 3 is 1.95 bits per heavy atom. The van der Waals surface area contributed by atoms with Gasteiger partial charge < -0.3 is 4.90 Å². The predicted molar refractivity (Wildman–Crippen MR) is 267 cm³/mol. The van der Waals surface area contributed by atoms with Crippen molar-refractivity contribution in [3.05, 3.63) is 258 Å². The van der Waals surface area contributed by atoms with Crippen molar-refractivity contribution in [2.24, 2.45) is 0 Å². The van der Waals surface area contributed by atoms with Crippen LogP contribution in [-0.2, 0) is 10.8 Å². The summed E-state index contributed by atoms with van der Waals surface area (Å²) in [4.78, 5) is 2.52. The van der Waals surface area contributed by atoms with Crippen LogP contribution < -0.4 is 4.90 Å². The maximum Gasteiger partial charge on any atom is 0.0726 e. The summed E-state index contributed by atoms with van der Waals surface area (Å²) in [7, 11) is 0. The summed E-state index contributed by atoms with van der Waals surface area (Å²) in [5.41, 5.74) is 23.0. The quantitative estimate of drug-likeness (QED) is 0.155. The Hall–Kier alpha value is -7.48. The molecular weight excluding hydrogens is 759 g/mol. The van der Waals surface area contributed by atoms with Crippen LogP contribution in [0.5, 0.6) is 0 Å². The molecular formula is C62H47N. The first-order chi connectivity index (χ1) is 30.9. The molecule has 8 aromatic carbocycles. The van der Waals surface area contributed by atoms with Gasteiger partial charge in [-0.15, -0.1) is 0 Å². The molecule has 0 heterocycles. The van der Waals surface area contributed by atoms with Gasteiger partial charge in [0.05, 0.1) is 11.1 Å². The molecule has 0 fully saturated rings. The van der Waals surface area contributed by atoms with Crippen molar-refractivity contribution in [3.63, 3.8) is 0 Å². The molecule has 1 atom stereocenters. The molecule has 0 amide bonds. The van der Waals surface area contributed by atoms with Gasteiger partial charge in [0.1, 0.15) is 0 Å². The number of fused-ring (bicyclic) bond motifs is 13.